The molecule has 6 heteroatoms. The topological polar surface area (TPSA) is 111 Å². The maximum Gasteiger partial charge on any atom is 0.337 e. The highest BCUT2D eigenvalue weighted by atomic mass is 32.2. The molecule has 0 aliphatic rings. The summed E-state index contributed by atoms with van der Waals surface area (Å²) in [4.78, 5) is 10.4. The van der Waals surface area contributed by atoms with Crippen LogP contribution in [0.2, 0.25) is 0 Å². The minimum atomic E-state index is -2.24. The highest BCUT2D eigenvalue weighted by Gasteiger charge is 2.12. The molecule has 1 rings (SSSR count). The molecule has 0 saturated heterocycles. The van der Waals surface area contributed by atoms with E-state index in [4.69, 9.17) is 9.66 Å². The fourth-order valence-corrected chi connectivity index (χ4v) is 1.33. The Morgan fingerprint density at radius 3 is 2.23 bits per heavy atom. The zero-order valence-corrected chi connectivity index (χ0v) is 7.75. The largest absolute Gasteiger partial charge is 0.478 e. The van der Waals surface area contributed by atoms with E-state index in [1.54, 1.807) is 0 Å². The van der Waals surface area contributed by atoms with Crippen LogP contribution in [0.4, 0.5) is 0 Å². The number of hydrogen-bond donors (Lipinski definition) is 3. The number of rotatable bonds is 2. The Bertz CT molecular complexity index is 306. The van der Waals surface area contributed by atoms with Crippen LogP contribution < -0.4 is 6.15 Å². The van der Waals surface area contributed by atoms with E-state index in [0.717, 1.165) is 0 Å². The number of quaternary nitrogens is 1. The van der Waals surface area contributed by atoms with Crippen LogP contribution in [0.15, 0.2) is 29.2 Å². The van der Waals surface area contributed by atoms with Gasteiger partial charge < -0.3 is 15.8 Å². The third-order valence-electron chi connectivity index (χ3n) is 1.31. The maximum atomic E-state index is 10.6. The number of carboxylic acid groups (broad SMARTS) is 1. The van der Waals surface area contributed by atoms with Gasteiger partial charge in [0.05, 0.1) is 10.5 Å². The molecule has 72 valence electrons. The molecule has 0 fully saturated rings. The van der Waals surface area contributed by atoms with Crippen LogP contribution >= 0.6 is 0 Å². The molecular formula is C7H10NO4S+. The number of carboxylic acids is 1. The number of aromatic carboxylic acids is 1. The van der Waals surface area contributed by atoms with Gasteiger partial charge in [-0.25, -0.2) is 9.00 Å². The predicted octanol–water partition coefficient (Wildman–Crippen LogP) is 1.34. The maximum absolute atomic E-state index is 10.6. The van der Waals surface area contributed by atoms with Gasteiger partial charge in [0.25, 0.3) is 0 Å². The highest BCUT2D eigenvalue weighted by Crippen LogP contribution is 2.11. The third kappa shape index (κ3) is 2.62. The molecule has 0 aromatic heterocycles. The van der Waals surface area contributed by atoms with Gasteiger partial charge in [-0.1, -0.05) is 12.1 Å². The summed E-state index contributed by atoms with van der Waals surface area (Å²) < 4.78 is 19.2. The van der Waals surface area contributed by atoms with Crippen LogP contribution in [-0.4, -0.2) is 19.8 Å². The standard InChI is InChI=1S/C7H6O4S.H3N/c8-7(9)5-3-1-2-4-6(5)12(10)11;/h1-4H,(H,8,9)(H,10,11);1H3/p+1. The lowest BCUT2D eigenvalue weighted by molar-refractivity contribution is 0.0692. The van der Waals surface area contributed by atoms with Crippen LogP contribution in [0.25, 0.3) is 0 Å². The summed E-state index contributed by atoms with van der Waals surface area (Å²) >= 11 is -2.24. The van der Waals surface area contributed by atoms with Crippen molar-refractivity contribution >= 4 is 17.0 Å². The average Bonchev–Trinajstić information content (AvgIpc) is 2.04. The molecule has 1 unspecified atom stereocenters. The molecule has 0 aliphatic carbocycles. The van der Waals surface area contributed by atoms with Crippen molar-refractivity contribution in [2.24, 2.45) is 0 Å². The first kappa shape index (κ1) is 11.8. The van der Waals surface area contributed by atoms with Crippen LogP contribution in [-0.2, 0) is 11.1 Å². The van der Waals surface area contributed by atoms with Crippen molar-refractivity contribution in [3.8, 4) is 0 Å². The van der Waals surface area contributed by atoms with Crippen molar-refractivity contribution in [2.45, 2.75) is 4.90 Å². The molecule has 0 radical (unpaired) electrons. The lowest BCUT2D eigenvalue weighted by Crippen LogP contribution is -2.02. The lowest BCUT2D eigenvalue weighted by Gasteiger charge is -1.98. The lowest BCUT2D eigenvalue weighted by atomic mass is 10.2. The quantitative estimate of drug-likeness (QED) is 0.631. The second kappa shape index (κ2) is 4.70. The van der Waals surface area contributed by atoms with Gasteiger partial charge in [-0.15, -0.1) is 0 Å². The zero-order valence-electron chi connectivity index (χ0n) is 6.93. The van der Waals surface area contributed by atoms with Crippen molar-refractivity contribution in [2.75, 3.05) is 0 Å². The first-order valence-electron chi connectivity index (χ1n) is 3.06. The second-order valence-corrected chi connectivity index (χ2v) is 2.99. The molecule has 0 saturated carbocycles. The first-order chi connectivity index (χ1) is 5.63. The van der Waals surface area contributed by atoms with E-state index in [1.165, 1.54) is 24.3 Å². The fraction of sp³-hybridized carbons (Fsp3) is 0. The molecule has 0 aliphatic heterocycles. The summed E-state index contributed by atoms with van der Waals surface area (Å²) in [7, 11) is 0. The van der Waals surface area contributed by atoms with E-state index in [2.05, 4.69) is 0 Å². The summed E-state index contributed by atoms with van der Waals surface area (Å²) in [6.07, 6.45) is 0. The zero-order chi connectivity index (χ0) is 9.14. The number of benzene rings is 1. The van der Waals surface area contributed by atoms with Gasteiger partial charge in [-0.3, -0.25) is 0 Å². The summed E-state index contributed by atoms with van der Waals surface area (Å²) in [5, 5.41) is 8.57. The molecular weight excluding hydrogens is 194 g/mol. The molecule has 1 atom stereocenters. The molecule has 13 heavy (non-hydrogen) atoms. The van der Waals surface area contributed by atoms with Crippen LogP contribution in [0.3, 0.4) is 0 Å². The van der Waals surface area contributed by atoms with Gasteiger partial charge in [0.2, 0.25) is 0 Å². The molecule has 1 aromatic rings. The Morgan fingerprint density at radius 2 is 1.85 bits per heavy atom. The van der Waals surface area contributed by atoms with Crippen LogP contribution in [0, 0.1) is 0 Å². The average molecular weight is 204 g/mol. The van der Waals surface area contributed by atoms with Crippen LogP contribution in [0.5, 0.6) is 0 Å². The number of carbonyl (C=O) groups is 1. The highest BCUT2D eigenvalue weighted by molar-refractivity contribution is 7.79. The smallest absolute Gasteiger partial charge is 0.337 e. The molecule has 5 nitrogen and oxygen atoms in total. The first-order valence-corrected chi connectivity index (χ1v) is 4.17. The van der Waals surface area contributed by atoms with E-state index >= 15 is 0 Å². The Kier molecular flexibility index (Phi) is 4.26. The minimum absolute atomic E-state index is 0. The van der Waals surface area contributed by atoms with Crippen molar-refractivity contribution < 1.29 is 18.7 Å². The van der Waals surface area contributed by atoms with E-state index in [9.17, 15) is 9.00 Å². The normalized spacial score (nSPS) is 11.5. The van der Waals surface area contributed by atoms with E-state index in [-0.39, 0.29) is 16.6 Å². The monoisotopic (exact) mass is 204 g/mol. The molecule has 0 bridgehead atoms. The summed E-state index contributed by atoms with van der Waals surface area (Å²) in [5.74, 6) is -1.20. The molecule has 1 aromatic carbocycles. The Labute approximate surface area is 77.3 Å². The van der Waals surface area contributed by atoms with E-state index < -0.39 is 17.0 Å². The summed E-state index contributed by atoms with van der Waals surface area (Å²) in [6.45, 7) is 0. The SMILES string of the molecule is O=C(O)c1ccccc1S(=O)O.[NH4+]. The van der Waals surface area contributed by atoms with Gasteiger partial charge in [-0.05, 0) is 12.1 Å². The van der Waals surface area contributed by atoms with Crippen LogP contribution in [0.1, 0.15) is 10.4 Å². The van der Waals surface area contributed by atoms with Crippen molar-refractivity contribution in [3.05, 3.63) is 29.8 Å². The van der Waals surface area contributed by atoms with Gasteiger partial charge in [0.1, 0.15) is 0 Å². The molecule has 6 N–H and O–H groups in total. The van der Waals surface area contributed by atoms with E-state index in [1.807, 2.05) is 0 Å². The molecule has 0 spiro atoms. The molecule has 0 heterocycles. The third-order valence-corrected chi connectivity index (χ3v) is 2.04. The van der Waals surface area contributed by atoms with Crippen molar-refractivity contribution in [3.63, 3.8) is 0 Å². The Balaban J connectivity index is 0.00000144. The van der Waals surface area contributed by atoms with Gasteiger partial charge in [0, 0.05) is 0 Å². The Hall–Kier alpha value is -1.24. The number of hydrogen-bond acceptors (Lipinski definition) is 2. The summed E-state index contributed by atoms with van der Waals surface area (Å²) in [6, 6.07) is 5.60. The summed E-state index contributed by atoms with van der Waals surface area (Å²) in [5.41, 5.74) is -0.140. The van der Waals surface area contributed by atoms with Gasteiger partial charge in [-0.2, -0.15) is 0 Å². The Morgan fingerprint density at radius 1 is 1.31 bits per heavy atom. The minimum Gasteiger partial charge on any atom is -0.478 e. The van der Waals surface area contributed by atoms with Gasteiger partial charge >= 0.3 is 5.97 Å². The van der Waals surface area contributed by atoms with Gasteiger partial charge in [0.15, 0.2) is 11.1 Å². The molecule has 0 amide bonds. The predicted molar refractivity (Wildman–Crippen MR) is 48.4 cm³/mol. The van der Waals surface area contributed by atoms with Crippen molar-refractivity contribution in [1.29, 1.82) is 0 Å². The second-order valence-electron chi connectivity index (χ2n) is 2.05. The fourth-order valence-electron chi connectivity index (χ4n) is 0.796. The van der Waals surface area contributed by atoms with E-state index in [0.29, 0.717) is 0 Å². The van der Waals surface area contributed by atoms with Crippen molar-refractivity contribution in [1.82, 2.24) is 6.15 Å².